The van der Waals surface area contributed by atoms with Crippen LogP contribution in [0.2, 0.25) is 0 Å². The second-order valence-corrected chi connectivity index (χ2v) is 8.57. The summed E-state index contributed by atoms with van der Waals surface area (Å²) in [5.41, 5.74) is 1.98. The molecule has 2 amide bonds. The molecule has 1 atom stereocenters. The van der Waals surface area contributed by atoms with Crippen molar-refractivity contribution in [2.24, 2.45) is 0 Å². The van der Waals surface area contributed by atoms with Crippen LogP contribution < -0.4 is 5.32 Å². The van der Waals surface area contributed by atoms with Crippen molar-refractivity contribution in [2.75, 3.05) is 0 Å². The van der Waals surface area contributed by atoms with Crippen molar-refractivity contribution < 1.29 is 9.59 Å². The number of carbonyl (C=O) groups is 2. The number of hydrogen-bond donors (Lipinski definition) is 1. The van der Waals surface area contributed by atoms with Gasteiger partial charge >= 0.3 is 0 Å². The number of nitrogens with one attached hydrogen (secondary N) is 1. The van der Waals surface area contributed by atoms with Crippen LogP contribution in [0.25, 0.3) is 0 Å². The third-order valence-electron chi connectivity index (χ3n) is 5.33. The molecule has 1 N–H and O–H groups in total. The average molecular weight is 401 g/mol. The van der Waals surface area contributed by atoms with Crippen molar-refractivity contribution in [2.45, 2.75) is 71.0 Å². The van der Waals surface area contributed by atoms with E-state index in [1.54, 1.807) is 10.3 Å². The molecule has 150 valence electrons. The zero-order valence-corrected chi connectivity index (χ0v) is 17.8. The first-order valence-corrected chi connectivity index (χ1v) is 10.7. The van der Waals surface area contributed by atoms with Crippen LogP contribution in [0, 0.1) is 0 Å². The van der Waals surface area contributed by atoms with Gasteiger partial charge in [-0.3, -0.25) is 9.59 Å². The minimum absolute atomic E-state index is 0.0561. The summed E-state index contributed by atoms with van der Waals surface area (Å²) in [6, 6.07) is 7.36. The second-order valence-electron chi connectivity index (χ2n) is 7.96. The molecule has 1 fully saturated rings. The van der Waals surface area contributed by atoms with Gasteiger partial charge in [0.25, 0.3) is 5.91 Å². The maximum atomic E-state index is 13.4. The van der Waals surface area contributed by atoms with Gasteiger partial charge < -0.3 is 10.2 Å². The van der Waals surface area contributed by atoms with Gasteiger partial charge in [0, 0.05) is 17.0 Å². The van der Waals surface area contributed by atoms with E-state index in [9.17, 15) is 9.59 Å². The molecule has 1 aromatic heterocycles. The average Bonchev–Trinajstić information content (AvgIpc) is 3.37. The third-order valence-corrected chi connectivity index (χ3v) is 5.83. The number of nitrogens with zero attached hydrogens (tertiary/aromatic N) is 3. The van der Waals surface area contributed by atoms with Crippen LogP contribution in [0.5, 0.6) is 0 Å². The number of aryl methyl sites for hydroxylation is 1. The zero-order chi connectivity index (χ0) is 20.3. The van der Waals surface area contributed by atoms with Gasteiger partial charge in [-0.05, 0) is 62.2 Å². The summed E-state index contributed by atoms with van der Waals surface area (Å²) in [5.74, 6) is -0.384. The van der Waals surface area contributed by atoms with Crippen molar-refractivity contribution in [3.63, 3.8) is 0 Å². The highest BCUT2D eigenvalue weighted by atomic mass is 32.1. The van der Waals surface area contributed by atoms with Gasteiger partial charge in [0.2, 0.25) is 5.91 Å². The van der Waals surface area contributed by atoms with Crippen molar-refractivity contribution in [3.05, 3.63) is 46.5 Å². The molecule has 0 saturated heterocycles. The van der Waals surface area contributed by atoms with Crippen LogP contribution >= 0.6 is 11.5 Å². The summed E-state index contributed by atoms with van der Waals surface area (Å²) in [5, 5.41) is 8.72. The molecule has 7 heteroatoms. The lowest BCUT2D eigenvalue weighted by molar-refractivity contribution is -0.127. The molecule has 0 aliphatic heterocycles. The van der Waals surface area contributed by atoms with Gasteiger partial charge in [0.05, 0.1) is 0 Å². The number of rotatable bonds is 8. The summed E-state index contributed by atoms with van der Waals surface area (Å²) in [6.07, 6.45) is 3.53. The highest BCUT2D eigenvalue weighted by Gasteiger charge is 2.43. The topological polar surface area (TPSA) is 75.2 Å². The third kappa shape index (κ3) is 4.58. The maximum Gasteiger partial charge on any atom is 0.276 e. The number of hydrogen-bond acceptors (Lipinski definition) is 5. The Morgan fingerprint density at radius 3 is 2.43 bits per heavy atom. The van der Waals surface area contributed by atoms with Crippen LogP contribution in [0.3, 0.4) is 0 Å². The van der Waals surface area contributed by atoms with E-state index in [-0.39, 0.29) is 23.4 Å². The molecule has 0 unspecified atom stereocenters. The largest absolute Gasteiger partial charge is 0.349 e. The Bertz CT molecular complexity index is 813. The number of amides is 2. The van der Waals surface area contributed by atoms with Crippen LogP contribution in [-0.4, -0.2) is 37.9 Å². The van der Waals surface area contributed by atoms with Crippen molar-refractivity contribution in [1.29, 1.82) is 0 Å². The zero-order valence-electron chi connectivity index (χ0n) is 16.9. The normalized spacial score (nSPS) is 15.1. The van der Waals surface area contributed by atoms with Crippen LogP contribution in [0.1, 0.15) is 74.6 Å². The molecule has 2 aromatic rings. The quantitative estimate of drug-likeness (QED) is 0.732. The van der Waals surface area contributed by atoms with E-state index in [4.69, 9.17) is 0 Å². The Morgan fingerprint density at radius 2 is 1.93 bits per heavy atom. The fourth-order valence-electron chi connectivity index (χ4n) is 3.10. The standard InChI is InChI=1S/C21H28N4O2S/c1-5-14-7-9-15(10-8-14)18(19(26)22-21(3,4)6-2)25(16-11-12-16)20(27)17-13-28-24-23-17/h7-10,13,16,18H,5-6,11-12H2,1-4H3,(H,22,26)/t18-/m1/s1. The minimum atomic E-state index is -0.682. The van der Waals surface area contributed by atoms with E-state index >= 15 is 0 Å². The van der Waals surface area contributed by atoms with Gasteiger partial charge in [-0.1, -0.05) is 42.6 Å². The Balaban J connectivity index is 2.00. The van der Waals surface area contributed by atoms with Gasteiger partial charge in [-0.2, -0.15) is 0 Å². The Labute approximate surface area is 170 Å². The van der Waals surface area contributed by atoms with Gasteiger partial charge in [-0.15, -0.1) is 5.10 Å². The van der Waals surface area contributed by atoms with Crippen molar-refractivity contribution >= 4 is 23.3 Å². The molecule has 1 saturated carbocycles. The van der Waals surface area contributed by atoms with Crippen LogP contribution in [0.15, 0.2) is 29.6 Å². The number of carbonyl (C=O) groups excluding carboxylic acids is 2. The van der Waals surface area contributed by atoms with E-state index in [0.29, 0.717) is 5.69 Å². The SMILES string of the molecule is CCc1ccc([C@H](C(=O)NC(C)(C)CC)N(C(=O)c2csnn2)C2CC2)cc1. The highest BCUT2D eigenvalue weighted by Crippen LogP contribution is 2.36. The minimum Gasteiger partial charge on any atom is -0.349 e. The monoisotopic (exact) mass is 400 g/mol. The molecule has 28 heavy (non-hydrogen) atoms. The fraction of sp³-hybridized carbons (Fsp3) is 0.524. The first-order chi connectivity index (χ1) is 13.4. The maximum absolute atomic E-state index is 13.4. The highest BCUT2D eigenvalue weighted by molar-refractivity contribution is 7.03. The molecule has 1 aromatic carbocycles. The first-order valence-electron chi connectivity index (χ1n) is 9.87. The molecule has 1 heterocycles. The Hall–Kier alpha value is -2.28. The van der Waals surface area contributed by atoms with Crippen LogP contribution in [-0.2, 0) is 11.2 Å². The molecule has 1 aliphatic carbocycles. The van der Waals surface area contributed by atoms with E-state index in [1.165, 1.54) is 5.56 Å². The van der Waals surface area contributed by atoms with E-state index in [1.807, 2.05) is 45.0 Å². The van der Waals surface area contributed by atoms with Crippen LogP contribution in [0.4, 0.5) is 0 Å². The molecule has 3 rings (SSSR count). The van der Waals surface area contributed by atoms with E-state index < -0.39 is 6.04 Å². The Kier molecular flexibility index (Phi) is 6.13. The molecule has 6 nitrogen and oxygen atoms in total. The van der Waals surface area contributed by atoms with E-state index in [0.717, 1.165) is 42.8 Å². The summed E-state index contributed by atoms with van der Waals surface area (Å²) in [6.45, 7) is 8.12. The van der Waals surface area contributed by atoms with E-state index in [2.05, 4.69) is 21.8 Å². The summed E-state index contributed by atoms with van der Waals surface area (Å²) in [7, 11) is 0. The van der Waals surface area contributed by atoms with Gasteiger partial charge in [-0.25, -0.2) is 0 Å². The van der Waals surface area contributed by atoms with Crippen molar-refractivity contribution in [1.82, 2.24) is 19.8 Å². The second kappa shape index (κ2) is 8.39. The van der Waals surface area contributed by atoms with Crippen molar-refractivity contribution in [3.8, 4) is 0 Å². The molecule has 1 aliphatic rings. The first kappa shape index (κ1) is 20.5. The lowest BCUT2D eigenvalue weighted by Gasteiger charge is -2.34. The molecule has 0 bridgehead atoms. The summed E-state index contributed by atoms with van der Waals surface area (Å²) < 4.78 is 3.82. The number of benzene rings is 1. The summed E-state index contributed by atoms with van der Waals surface area (Å²) >= 11 is 1.14. The van der Waals surface area contributed by atoms with Gasteiger partial charge in [0.15, 0.2) is 5.69 Å². The predicted molar refractivity (Wildman–Crippen MR) is 110 cm³/mol. The smallest absolute Gasteiger partial charge is 0.276 e. The lowest BCUT2D eigenvalue weighted by atomic mass is 9.97. The molecule has 0 spiro atoms. The van der Waals surface area contributed by atoms with Gasteiger partial charge in [0.1, 0.15) is 6.04 Å². The molecular formula is C21H28N4O2S. The Morgan fingerprint density at radius 1 is 1.25 bits per heavy atom. The fourth-order valence-corrected chi connectivity index (χ4v) is 3.53. The summed E-state index contributed by atoms with van der Waals surface area (Å²) in [4.78, 5) is 28.3. The number of aromatic nitrogens is 2. The molecular weight excluding hydrogens is 372 g/mol. The predicted octanol–water partition coefficient (Wildman–Crippen LogP) is 3.75. The molecule has 0 radical (unpaired) electrons. The lowest BCUT2D eigenvalue weighted by Crippen LogP contribution is -2.51.